The van der Waals surface area contributed by atoms with E-state index < -0.39 is 17.8 Å². The summed E-state index contributed by atoms with van der Waals surface area (Å²) >= 11 is 0. The van der Waals surface area contributed by atoms with E-state index in [1.54, 1.807) is 12.1 Å². The number of nitrogens with zero attached hydrogens (tertiary/aromatic N) is 1. The van der Waals surface area contributed by atoms with Gasteiger partial charge in [0.15, 0.2) is 5.78 Å². The first-order valence-corrected chi connectivity index (χ1v) is 13.1. The number of amides is 2. The third kappa shape index (κ3) is 5.21. The summed E-state index contributed by atoms with van der Waals surface area (Å²) in [6.45, 7) is 6.92. The zero-order chi connectivity index (χ0) is 24.5. The molecular formula is C28H39FN2O3. The molecule has 4 rings (SSSR count). The van der Waals surface area contributed by atoms with Gasteiger partial charge in [-0.25, -0.2) is 4.39 Å². The van der Waals surface area contributed by atoms with Gasteiger partial charge in [-0.1, -0.05) is 52.2 Å². The molecule has 0 aromatic heterocycles. The van der Waals surface area contributed by atoms with Gasteiger partial charge in [0.05, 0.1) is 11.6 Å². The van der Waals surface area contributed by atoms with E-state index >= 15 is 4.39 Å². The number of carbonyl (C=O) groups is 3. The van der Waals surface area contributed by atoms with E-state index in [1.165, 1.54) is 6.07 Å². The van der Waals surface area contributed by atoms with Crippen molar-refractivity contribution in [2.75, 3.05) is 13.1 Å². The maximum Gasteiger partial charge on any atom is 0.254 e. The molecule has 6 heteroatoms. The number of ketones is 1. The van der Waals surface area contributed by atoms with Crippen LogP contribution in [0.2, 0.25) is 0 Å². The number of rotatable bonds is 7. The van der Waals surface area contributed by atoms with Crippen LogP contribution in [0.1, 0.15) is 100 Å². The maximum absolute atomic E-state index is 15.7. The van der Waals surface area contributed by atoms with Crippen molar-refractivity contribution in [1.29, 1.82) is 0 Å². The van der Waals surface area contributed by atoms with Crippen molar-refractivity contribution in [3.63, 3.8) is 0 Å². The summed E-state index contributed by atoms with van der Waals surface area (Å²) in [5, 5.41) is 2.92. The van der Waals surface area contributed by atoms with Crippen molar-refractivity contribution in [1.82, 2.24) is 10.2 Å². The lowest BCUT2D eigenvalue weighted by molar-refractivity contribution is -0.137. The van der Waals surface area contributed by atoms with Crippen molar-refractivity contribution >= 4 is 17.6 Å². The molecule has 2 saturated carbocycles. The molecule has 3 fully saturated rings. The molecule has 1 heterocycles. The molecule has 5 nitrogen and oxygen atoms in total. The van der Waals surface area contributed by atoms with Crippen LogP contribution in [0, 0.1) is 23.1 Å². The van der Waals surface area contributed by atoms with Gasteiger partial charge in [-0.15, -0.1) is 0 Å². The number of halogens is 1. The third-order valence-corrected chi connectivity index (χ3v) is 8.22. The fourth-order valence-corrected chi connectivity index (χ4v) is 5.71. The summed E-state index contributed by atoms with van der Waals surface area (Å²) in [5.41, 5.74) is 0.252. The monoisotopic (exact) mass is 470 g/mol. The number of hydrogen-bond donors (Lipinski definition) is 1. The SMILES string of the molecule is CC(C)C(=O)[C@H](NC(=O)c1cccc(C2CCCN(C(=O)C3(C)CC3)C2)c1F)C1CCCCC1. The van der Waals surface area contributed by atoms with Crippen molar-refractivity contribution in [2.45, 2.75) is 90.5 Å². The zero-order valence-corrected chi connectivity index (χ0v) is 20.9. The number of Topliss-reactive ketones (excluding diaryl/α,β-unsaturated/α-hetero) is 1. The third-order valence-electron chi connectivity index (χ3n) is 8.22. The van der Waals surface area contributed by atoms with Crippen LogP contribution in [0.3, 0.4) is 0 Å². The smallest absolute Gasteiger partial charge is 0.254 e. The molecule has 1 saturated heterocycles. The number of benzene rings is 1. The lowest BCUT2D eigenvalue weighted by Gasteiger charge is -2.35. The van der Waals surface area contributed by atoms with Crippen LogP contribution in [-0.4, -0.2) is 41.6 Å². The minimum atomic E-state index is -0.571. The van der Waals surface area contributed by atoms with Crippen LogP contribution < -0.4 is 5.32 Å². The fourth-order valence-electron chi connectivity index (χ4n) is 5.71. The Kier molecular flexibility index (Phi) is 7.44. The van der Waals surface area contributed by atoms with E-state index in [2.05, 4.69) is 5.32 Å². The Morgan fingerprint density at radius 3 is 2.41 bits per heavy atom. The molecule has 1 aromatic carbocycles. The average Bonchev–Trinajstić information content (AvgIpc) is 3.60. The Bertz CT molecular complexity index is 934. The quantitative estimate of drug-likeness (QED) is 0.593. The lowest BCUT2D eigenvalue weighted by atomic mass is 9.80. The molecule has 0 bridgehead atoms. The Hall–Kier alpha value is -2.24. The normalized spacial score (nSPS) is 23.4. The van der Waals surface area contributed by atoms with Crippen molar-refractivity contribution in [2.24, 2.45) is 17.3 Å². The fraction of sp³-hybridized carbons (Fsp3) is 0.679. The molecule has 1 unspecified atom stereocenters. The van der Waals surface area contributed by atoms with Gasteiger partial charge >= 0.3 is 0 Å². The summed E-state index contributed by atoms with van der Waals surface area (Å²) in [6, 6.07) is 4.39. The first-order valence-electron chi connectivity index (χ1n) is 13.1. The van der Waals surface area contributed by atoms with Gasteiger partial charge in [-0.3, -0.25) is 14.4 Å². The minimum Gasteiger partial charge on any atom is -0.342 e. The molecule has 1 N–H and O–H groups in total. The molecule has 0 spiro atoms. The second kappa shape index (κ2) is 10.2. The first-order chi connectivity index (χ1) is 16.2. The summed E-state index contributed by atoms with van der Waals surface area (Å²) in [5.74, 6) is -1.04. The molecule has 186 valence electrons. The van der Waals surface area contributed by atoms with Crippen LogP contribution in [0.25, 0.3) is 0 Å². The van der Waals surface area contributed by atoms with E-state index in [0.717, 1.165) is 57.8 Å². The van der Waals surface area contributed by atoms with Gasteiger partial charge in [0.25, 0.3) is 5.91 Å². The van der Waals surface area contributed by atoms with Crippen LogP contribution in [0.5, 0.6) is 0 Å². The predicted octanol–water partition coefficient (Wildman–Crippen LogP) is 5.24. The summed E-state index contributed by atoms with van der Waals surface area (Å²) in [7, 11) is 0. The Labute approximate surface area is 202 Å². The van der Waals surface area contributed by atoms with E-state index in [0.29, 0.717) is 18.7 Å². The number of nitrogens with one attached hydrogen (secondary N) is 1. The van der Waals surface area contributed by atoms with Gasteiger partial charge in [0, 0.05) is 30.3 Å². The van der Waals surface area contributed by atoms with Gasteiger partial charge in [0.1, 0.15) is 5.82 Å². The van der Waals surface area contributed by atoms with Crippen molar-refractivity contribution < 1.29 is 18.8 Å². The number of carbonyl (C=O) groups excluding carboxylic acids is 3. The molecule has 34 heavy (non-hydrogen) atoms. The van der Waals surface area contributed by atoms with Gasteiger partial charge in [0.2, 0.25) is 5.91 Å². The zero-order valence-electron chi connectivity index (χ0n) is 20.9. The van der Waals surface area contributed by atoms with Crippen molar-refractivity contribution in [3.05, 3.63) is 35.1 Å². The van der Waals surface area contributed by atoms with Gasteiger partial charge in [-0.2, -0.15) is 0 Å². The Morgan fingerprint density at radius 2 is 1.76 bits per heavy atom. The average molecular weight is 471 g/mol. The molecular weight excluding hydrogens is 431 g/mol. The molecule has 1 aromatic rings. The highest BCUT2D eigenvalue weighted by Crippen LogP contribution is 2.47. The highest BCUT2D eigenvalue weighted by molar-refractivity contribution is 5.98. The Balaban J connectivity index is 1.51. The molecule has 2 aliphatic carbocycles. The number of likely N-dealkylation sites (tertiary alicyclic amines) is 1. The van der Waals surface area contributed by atoms with E-state index in [-0.39, 0.29) is 40.4 Å². The largest absolute Gasteiger partial charge is 0.342 e. The standard InChI is InChI=1S/C28H39FN2O3/c1-18(2)25(32)24(19-9-5-4-6-10-19)30-26(33)22-13-7-12-21(23(22)29)20-11-8-16-31(17-20)27(34)28(3)14-15-28/h7,12-13,18-20,24H,4-6,8-11,14-17H2,1-3H3,(H,30,33)/t20?,24-/m1/s1. The minimum absolute atomic E-state index is 0.00697. The summed E-state index contributed by atoms with van der Waals surface area (Å²) < 4.78 is 15.7. The lowest BCUT2D eigenvalue weighted by Crippen LogP contribution is -2.48. The van der Waals surface area contributed by atoms with E-state index in [9.17, 15) is 14.4 Å². The predicted molar refractivity (Wildman–Crippen MR) is 130 cm³/mol. The number of piperidine rings is 1. The topological polar surface area (TPSA) is 66.5 Å². The molecule has 3 aliphatic rings. The second-order valence-electron chi connectivity index (χ2n) is 11.3. The van der Waals surface area contributed by atoms with Crippen LogP contribution >= 0.6 is 0 Å². The van der Waals surface area contributed by atoms with E-state index in [4.69, 9.17) is 0 Å². The molecule has 2 atom stereocenters. The van der Waals surface area contributed by atoms with Crippen LogP contribution in [-0.2, 0) is 9.59 Å². The summed E-state index contributed by atoms with van der Waals surface area (Å²) in [6.07, 6.45) is 8.57. The molecule has 1 aliphatic heterocycles. The van der Waals surface area contributed by atoms with Gasteiger partial charge < -0.3 is 10.2 Å². The number of hydrogen-bond acceptors (Lipinski definition) is 3. The van der Waals surface area contributed by atoms with Crippen LogP contribution in [0.4, 0.5) is 4.39 Å². The molecule has 2 amide bonds. The Morgan fingerprint density at radius 1 is 1.06 bits per heavy atom. The first kappa shape index (κ1) is 24.9. The second-order valence-corrected chi connectivity index (χ2v) is 11.3. The highest BCUT2D eigenvalue weighted by Gasteiger charge is 2.47. The summed E-state index contributed by atoms with van der Waals surface area (Å²) in [4.78, 5) is 40.9. The van der Waals surface area contributed by atoms with Crippen LogP contribution in [0.15, 0.2) is 18.2 Å². The highest BCUT2D eigenvalue weighted by atomic mass is 19.1. The van der Waals surface area contributed by atoms with Gasteiger partial charge in [-0.05, 0) is 56.1 Å². The maximum atomic E-state index is 15.7. The van der Waals surface area contributed by atoms with Crippen molar-refractivity contribution in [3.8, 4) is 0 Å². The van der Waals surface area contributed by atoms with E-state index in [1.807, 2.05) is 25.7 Å². The molecule has 0 radical (unpaired) electrons.